The number of rotatable bonds is 2. The van der Waals surface area contributed by atoms with E-state index < -0.39 is 5.60 Å². The van der Waals surface area contributed by atoms with E-state index in [1.807, 2.05) is 37.3 Å². The summed E-state index contributed by atoms with van der Waals surface area (Å²) in [5.74, 6) is -0.228. The summed E-state index contributed by atoms with van der Waals surface area (Å²) in [4.78, 5) is 12.5. The van der Waals surface area contributed by atoms with E-state index in [-0.39, 0.29) is 24.2 Å². The number of amides is 1. The van der Waals surface area contributed by atoms with Crippen molar-refractivity contribution < 1.29 is 9.53 Å². The summed E-state index contributed by atoms with van der Waals surface area (Å²) < 4.78 is 5.82. The molecule has 4 nitrogen and oxygen atoms in total. The van der Waals surface area contributed by atoms with E-state index >= 15 is 0 Å². The average Bonchev–Trinajstić information content (AvgIpc) is 2.71. The highest BCUT2D eigenvalue weighted by Crippen LogP contribution is 2.43. The summed E-state index contributed by atoms with van der Waals surface area (Å²) in [6, 6.07) is 9.32. The Morgan fingerprint density at radius 3 is 2.45 bits per heavy atom. The molecule has 3 rings (SSSR count). The molecule has 1 aromatic carbocycles. The summed E-state index contributed by atoms with van der Waals surface area (Å²) in [5, 5.41) is 10.9. The number of carbonyl (C=O) groups is 1. The van der Waals surface area contributed by atoms with Gasteiger partial charge in [0.15, 0.2) is 0 Å². The molecule has 2 N–H and O–H groups in total. The first-order valence-corrected chi connectivity index (χ1v) is 7.48. The van der Waals surface area contributed by atoms with Crippen molar-refractivity contribution in [1.82, 2.24) is 0 Å². The molecule has 1 amide bonds. The van der Waals surface area contributed by atoms with Crippen molar-refractivity contribution >= 4 is 29.9 Å². The van der Waals surface area contributed by atoms with Gasteiger partial charge in [0, 0.05) is 5.69 Å². The van der Waals surface area contributed by atoms with Gasteiger partial charge in [-0.15, -0.1) is 12.4 Å². The molecule has 118 valence electrons. The van der Waals surface area contributed by atoms with E-state index in [9.17, 15) is 4.79 Å². The second-order valence-corrected chi connectivity index (χ2v) is 5.81. The Hall–Kier alpha value is -1.81. The fourth-order valence-electron chi connectivity index (χ4n) is 3.31. The van der Waals surface area contributed by atoms with E-state index in [2.05, 4.69) is 5.32 Å². The number of hydrogen-bond acceptors (Lipinski definition) is 3. The Balaban J connectivity index is 0.00000176. The van der Waals surface area contributed by atoms with Gasteiger partial charge in [0.25, 0.3) is 5.91 Å². The molecule has 0 saturated heterocycles. The fourth-order valence-corrected chi connectivity index (χ4v) is 3.31. The third kappa shape index (κ3) is 2.88. The fraction of sp³-hybridized carbons (Fsp3) is 0.412. The van der Waals surface area contributed by atoms with E-state index in [1.54, 1.807) is 0 Å². The van der Waals surface area contributed by atoms with E-state index in [0.29, 0.717) is 5.57 Å². The molecule has 1 aliphatic heterocycles. The van der Waals surface area contributed by atoms with Gasteiger partial charge < -0.3 is 10.1 Å². The zero-order chi connectivity index (χ0) is 14.9. The minimum Gasteiger partial charge on any atom is -0.466 e. The molecule has 1 aromatic rings. The molecule has 2 aliphatic rings. The van der Waals surface area contributed by atoms with Gasteiger partial charge in [-0.1, -0.05) is 24.6 Å². The third-order valence-corrected chi connectivity index (χ3v) is 4.50. The zero-order valence-corrected chi connectivity index (χ0v) is 13.5. The van der Waals surface area contributed by atoms with Crippen molar-refractivity contribution in [3.63, 3.8) is 0 Å². The van der Waals surface area contributed by atoms with Gasteiger partial charge >= 0.3 is 0 Å². The highest BCUT2D eigenvalue weighted by Gasteiger charge is 2.46. The quantitative estimate of drug-likeness (QED) is 0.862. The van der Waals surface area contributed by atoms with Gasteiger partial charge in [0.2, 0.25) is 5.90 Å². The van der Waals surface area contributed by atoms with Crippen LogP contribution in [0.25, 0.3) is 0 Å². The Bertz CT molecular complexity index is 604. The first-order chi connectivity index (χ1) is 10.1. The summed E-state index contributed by atoms with van der Waals surface area (Å²) in [6.07, 6.45) is 5.21. The molecule has 1 aliphatic carbocycles. The number of nitrogens with one attached hydrogen (secondary N) is 2. The van der Waals surface area contributed by atoms with Gasteiger partial charge in [-0.05, 0) is 50.3 Å². The normalized spacial score (nSPS) is 19.6. The SMILES string of the molecule is CC1=C(C(=O)Nc2ccccc2)C(=N)OC12CCCCC2.Cl. The van der Waals surface area contributed by atoms with Gasteiger partial charge in [-0.3, -0.25) is 10.2 Å². The smallest absolute Gasteiger partial charge is 0.261 e. The molecule has 1 fully saturated rings. The summed E-state index contributed by atoms with van der Waals surface area (Å²) in [5.41, 5.74) is 1.65. The number of hydrogen-bond donors (Lipinski definition) is 2. The molecule has 22 heavy (non-hydrogen) atoms. The maximum Gasteiger partial charge on any atom is 0.261 e. The predicted octanol–water partition coefficient (Wildman–Crippen LogP) is 4.07. The molecule has 0 unspecified atom stereocenters. The summed E-state index contributed by atoms with van der Waals surface area (Å²) in [7, 11) is 0. The number of benzene rings is 1. The lowest BCUT2D eigenvalue weighted by Gasteiger charge is -2.33. The molecule has 0 radical (unpaired) electrons. The lowest BCUT2D eigenvalue weighted by atomic mass is 9.79. The zero-order valence-electron chi connectivity index (χ0n) is 12.6. The second kappa shape index (κ2) is 6.53. The van der Waals surface area contributed by atoms with Crippen LogP contribution in [0.1, 0.15) is 39.0 Å². The minimum atomic E-state index is -0.404. The Kier molecular flexibility index (Phi) is 4.91. The van der Waals surface area contributed by atoms with Gasteiger partial charge in [0.05, 0.1) is 0 Å². The van der Waals surface area contributed by atoms with Crippen LogP contribution in [-0.4, -0.2) is 17.4 Å². The van der Waals surface area contributed by atoms with Crippen LogP contribution < -0.4 is 5.32 Å². The van der Waals surface area contributed by atoms with E-state index in [0.717, 1.165) is 36.9 Å². The second-order valence-electron chi connectivity index (χ2n) is 5.81. The first kappa shape index (κ1) is 16.6. The van der Waals surface area contributed by atoms with E-state index in [1.165, 1.54) is 6.42 Å². The number of halogens is 1. The van der Waals surface area contributed by atoms with Crippen LogP contribution in [0.2, 0.25) is 0 Å². The van der Waals surface area contributed by atoms with Gasteiger partial charge in [-0.2, -0.15) is 0 Å². The summed E-state index contributed by atoms with van der Waals surface area (Å²) in [6.45, 7) is 1.94. The molecular formula is C17H21ClN2O2. The maximum atomic E-state index is 12.5. The lowest BCUT2D eigenvalue weighted by Crippen LogP contribution is -2.33. The van der Waals surface area contributed by atoms with Crippen LogP contribution in [0.15, 0.2) is 41.5 Å². The van der Waals surface area contributed by atoms with Crippen molar-refractivity contribution in [2.75, 3.05) is 5.32 Å². The Morgan fingerprint density at radius 1 is 1.18 bits per heavy atom. The Labute approximate surface area is 136 Å². The van der Waals surface area contributed by atoms with Crippen LogP contribution in [-0.2, 0) is 9.53 Å². The van der Waals surface area contributed by atoms with Crippen molar-refractivity contribution in [3.05, 3.63) is 41.5 Å². The number of anilines is 1. The molecular weight excluding hydrogens is 300 g/mol. The topological polar surface area (TPSA) is 62.2 Å². The maximum absolute atomic E-state index is 12.5. The third-order valence-electron chi connectivity index (χ3n) is 4.50. The average molecular weight is 321 g/mol. The molecule has 1 heterocycles. The van der Waals surface area contributed by atoms with Crippen molar-refractivity contribution in [2.45, 2.75) is 44.6 Å². The molecule has 5 heteroatoms. The van der Waals surface area contributed by atoms with Crippen molar-refractivity contribution in [3.8, 4) is 0 Å². The monoisotopic (exact) mass is 320 g/mol. The highest BCUT2D eigenvalue weighted by molar-refractivity contribution is 6.24. The highest BCUT2D eigenvalue weighted by atomic mass is 35.5. The number of para-hydroxylation sites is 1. The van der Waals surface area contributed by atoms with Crippen LogP contribution in [0.4, 0.5) is 5.69 Å². The van der Waals surface area contributed by atoms with Gasteiger partial charge in [0.1, 0.15) is 11.2 Å². The molecule has 1 spiro atoms. The lowest BCUT2D eigenvalue weighted by molar-refractivity contribution is -0.112. The Morgan fingerprint density at radius 2 is 1.82 bits per heavy atom. The van der Waals surface area contributed by atoms with E-state index in [4.69, 9.17) is 10.1 Å². The first-order valence-electron chi connectivity index (χ1n) is 7.48. The summed E-state index contributed by atoms with van der Waals surface area (Å²) >= 11 is 0. The number of carbonyl (C=O) groups excluding carboxylic acids is 1. The number of ether oxygens (including phenoxy) is 1. The van der Waals surface area contributed by atoms with Crippen molar-refractivity contribution in [2.24, 2.45) is 0 Å². The van der Waals surface area contributed by atoms with Crippen LogP contribution in [0.5, 0.6) is 0 Å². The molecule has 1 saturated carbocycles. The standard InChI is InChI=1S/C17H20N2O2.ClH/c1-12-14(16(20)19-13-8-4-2-5-9-13)15(18)21-17(12)10-6-3-7-11-17;/h2,4-5,8-9,18H,3,6-7,10-11H2,1H3,(H,19,20);1H. The molecule has 0 aromatic heterocycles. The predicted molar refractivity (Wildman–Crippen MR) is 89.6 cm³/mol. The van der Waals surface area contributed by atoms with Crippen LogP contribution >= 0.6 is 12.4 Å². The van der Waals surface area contributed by atoms with Crippen molar-refractivity contribution in [1.29, 1.82) is 5.41 Å². The van der Waals surface area contributed by atoms with Crippen LogP contribution in [0.3, 0.4) is 0 Å². The van der Waals surface area contributed by atoms with Gasteiger partial charge in [-0.25, -0.2) is 0 Å². The molecule has 0 bridgehead atoms. The largest absolute Gasteiger partial charge is 0.466 e. The minimum absolute atomic E-state index is 0. The molecule has 0 atom stereocenters. The van der Waals surface area contributed by atoms with Crippen LogP contribution in [0, 0.1) is 5.41 Å².